The lowest BCUT2D eigenvalue weighted by Gasteiger charge is -2.11. The van der Waals surface area contributed by atoms with Crippen LogP contribution in [0.5, 0.6) is 5.75 Å². The van der Waals surface area contributed by atoms with E-state index in [1.54, 1.807) is 19.2 Å². The maximum Gasteiger partial charge on any atom is 0.240 e. The minimum atomic E-state index is -3.50. The van der Waals surface area contributed by atoms with Gasteiger partial charge in [-0.25, -0.2) is 13.1 Å². The van der Waals surface area contributed by atoms with Crippen LogP contribution < -0.4 is 9.46 Å². The minimum Gasteiger partial charge on any atom is -0.497 e. The monoisotopic (exact) mass is 333 g/mol. The molecule has 2 aromatic rings. The number of rotatable bonds is 7. The predicted octanol–water partition coefficient (Wildman–Crippen LogP) is 3.69. The molecular weight excluding hydrogens is 310 g/mol. The normalized spacial score (nSPS) is 12.8. The van der Waals surface area contributed by atoms with Crippen molar-refractivity contribution in [2.75, 3.05) is 7.11 Å². The first-order valence-electron chi connectivity index (χ1n) is 7.69. The third kappa shape index (κ3) is 4.56. The Morgan fingerprint density at radius 1 is 1.04 bits per heavy atom. The lowest BCUT2D eigenvalue weighted by molar-refractivity contribution is 0.414. The second-order valence-electron chi connectivity index (χ2n) is 5.55. The average Bonchev–Trinajstić information content (AvgIpc) is 2.60. The van der Waals surface area contributed by atoms with Gasteiger partial charge in [0.1, 0.15) is 5.75 Å². The Bertz CT molecular complexity index is 722. The van der Waals surface area contributed by atoms with E-state index in [1.165, 1.54) is 0 Å². The zero-order valence-electron chi connectivity index (χ0n) is 13.7. The molecule has 0 unspecified atom stereocenters. The van der Waals surface area contributed by atoms with E-state index in [1.807, 2.05) is 36.4 Å². The molecule has 0 heterocycles. The number of nitrogens with one attached hydrogen (secondary N) is 1. The zero-order chi connectivity index (χ0) is 16.9. The molecule has 1 N–H and O–H groups in total. The highest BCUT2D eigenvalue weighted by Gasteiger charge is 2.14. The average molecular weight is 333 g/mol. The van der Waals surface area contributed by atoms with Gasteiger partial charge in [-0.05, 0) is 47.7 Å². The molecule has 0 amide bonds. The summed E-state index contributed by atoms with van der Waals surface area (Å²) in [5, 5.41) is 0. The fraction of sp³-hybridized carbons (Fsp3) is 0.333. The summed E-state index contributed by atoms with van der Waals surface area (Å²) >= 11 is 0. The molecule has 0 spiro atoms. The highest BCUT2D eigenvalue weighted by molar-refractivity contribution is 7.89. The van der Waals surface area contributed by atoms with Crippen LogP contribution in [0.1, 0.15) is 37.3 Å². The molecular formula is C18H23NO3S. The molecule has 0 radical (unpaired) electrons. The summed E-state index contributed by atoms with van der Waals surface area (Å²) in [6.07, 6.45) is 1.03. The first-order valence-corrected chi connectivity index (χ1v) is 9.17. The fourth-order valence-corrected chi connectivity index (χ4v) is 3.23. The van der Waals surface area contributed by atoms with Crippen molar-refractivity contribution in [3.8, 4) is 5.75 Å². The van der Waals surface area contributed by atoms with Gasteiger partial charge in [0.15, 0.2) is 0 Å². The highest BCUT2D eigenvalue weighted by atomic mass is 32.2. The van der Waals surface area contributed by atoms with E-state index in [4.69, 9.17) is 4.74 Å². The van der Waals surface area contributed by atoms with Crippen LogP contribution in [0.3, 0.4) is 0 Å². The van der Waals surface area contributed by atoms with E-state index in [0.717, 1.165) is 23.3 Å². The van der Waals surface area contributed by atoms with Crippen molar-refractivity contribution in [3.05, 3.63) is 59.7 Å². The Balaban J connectivity index is 2.05. The summed E-state index contributed by atoms with van der Waals surface area (Å²) < 4.78 is 32.4. The molecule has 124 valence electrons. The van der Waals surface area contributed by atoms with Crippen molar-refractivity contribution in [1.82, 2.24) is 4.72 Å². The van der Waals surface area contributed by atoms with Crippen molar-refractivity contribution in [2.24, 2.45) is 0 Å². The number of ether oxygens (including phenoxy) is 1. The summed E-state index contributed by atoms with van der Waals surface area (Å²) in [5.74, 6) is 1.18. The number of sulfonamides is 1. The largest absolute Gasteiger partial charge is 0.497 e. The van der Waals surface area contributed by atoms with Crippen molar-refractivity contribution < 1.29 is 13.2 Å². The Kier molecular flexibility index (Phi) is 5.80. The van der Waals surface area contributed by atoms with Crippen molar-refractivity contribution >= 4 is 10.0 Å². The van der Waals surface area contributed by atoms with Gasteiger partial charge in [0.2, 0.25) is 10.0 Å². The second kappa shape index (κ2) is 7.62. The van der Waals surface area contributed by atoms with E-state index in [-0.39, 0.29) is 11.4 Å². The summed E-state index contributed by atoms with van der Waals surface area (Å²) in [7, 11) is -1.91. The van der Waals surface area contributed by atoms with Crippen LogP contribution in [0.15, 0.2) is 53.4 Å². The molecule has 23 heavy (non-hydrogen) atoms. The van der Waals surface area contributed by atoms with Gasteiger partial charge >= 0.3 is 0 Å². The van der Waals surface area contributed by atoms with Crippen molar-refractivity contribution in [2.45, 2.75) is 37.6 Å². The molecule has 5 heteroatoms. The molecule has 0 saturated heterocycles. The minimum absolute atomic E-state index is 0.249. The molecule has 2 aromatic carbocycles. The van der Waals surface area contributed by atoms with Crippen LogP contribution in [0, 0.1) is 0 Å². The van der Waals surface area contributed by atoms with Gasteiger partial charge in [0.25, 0.3) is 0 Å². The van der Waals surface area contributed by atoms with Gasteiger partial charge in [0.05, 0.1) is 12.0 Å². The van der Waals surface area contributed by atoms with Gasteiger partial charge in [-0.1, -0.05) is 38.1 Å². The Labute approximate surface area is 138 Å². The summed E-state index contributed by atoms with van der Waals surface area (Å²) in [5.41, 5.74) is 2.03. The number of hydrogen-bond donors (Lipinski definition) is 1. The molecule has 2 rings (SSSR count). The first-order chi connectivity index (χ1) is 11.0. The summed E-state index contributed by atoms with van der Waals surface area (Å²) in [6, 6.07) is 14.4. The number of benzene rings is 2. The molecule has 0 aliphatic rings. The zero-order valence-corrected chi connectivity index (χ0v) is 14.6. The summed E-state index contributed by atoms with van der Waals surface area (Å²) in [4.78, 5) is 0.290. The van der Waals surface area contributed by atoms with E-state index in [2.05, 4.69) is 18.6 Å². The molecule has 0 aromatic heterocycles. The van der Waals surface area contributed by atoms with Crippen LogP contribution >= 0.6 is 0 Å². The maximum absolute atomic E-state index is 12.3. The molecule has 0 bridgehead atoms. The maximum atomic E-state index is 12.3. The molecule has 0 aliphatic carbocycles. The molecule has 0 fully saturated rings. The van der Waals surface area contributed by atoms with Crippen LogP contribution in [-0.4, -0.2) is 15.5 Å². The first kappa shape index (κ1) is 17.5. The van der Waals surface area contributed by atoms with Gasteiger partial charge in [0, 0.05) is 6.54 Å². The Morgan fingerprint density at radius 2 is 1.65 bits per heavy atom. The van der Waals surface area contributed by atoms with Crippen molar-refractivity contribution in [1.29, 1.82) is 0 Å². The SMILES string of the molecule is CC[C@H](C)c1ccc(S(=O)(=O)NCc2ccc(OC)cc2)cc1. The number of hydrogen-bond acceptors (Lipinski definition) is 3. The van der Waals surface area contributed by atoms with Crippen LogP contribution in [0.2, 0.25) is 0 Å². The molecule has 0 saturated carbocycles. The molecule has 1 atom stereocenters. The van der Waals surface area contributed by atoms with E-state index >= 15 is 0 Å². The smallest absolute Gasteiger partial charge is 0.240 e. The predicted molar refractivity (Wildman–Crippen MR) is 92.2 cm³/mol. The highest BCUT2D eigenvalue weighted by Crippen LogP contribution is 2.20. The van der Waals surface area contributed by atoms with Gasteiger partial charge in [-0.2, -0.15) is 0 Å². The van der Waals surface area contributed by atoms with Gasteiger partial charge < -0.3 is 4.74 Å². The van der Waals surface area contributed by atoms with Gasteiger partial charge in [-0.3, -0.25) is 0 Å². The standard InChI is InChI=1S/C18H23NO3S/c1-4-14(2)16-7-11-18(12-8-16)23(20,21)19-13-15-5-9-17(22-3)10-6-15/h5-12,14,19H,4,13H2,1-3H3/t14-/m0/s1. The lowest BCUT2D eigenvalue weighted by Crippen LogP contribution is -2.23. The fourth-order valence-electron chi connectivity index (χ4n) is 2.22. The summed E-state index contributed by atoms with van der Waals surface area (Å²) in [6.45, 7) is 4.50. The topological polar surface area (TPSA) is 55.4 Å². The molecule has 0 aliphatic heterocycles. The quantitative estimate of drug-likeness (QED) is 0.841. The third-order valence-electron chi connectivity index (χ3n) is 4.00. The third-order valence-corrected chi connectivity index (χ3v) is 5.41. The van der Waals surface area contributed by atoms with Crippen LogP contribution in [0.25, 0.3) is 0 Å². The van der Waals surface area contributed by atoms with Gasteiger partial charge in [-0.15, -0.1) is 0 Å². The second-order valence-corrected chi connectivity index (χ2v) is 7.32. The van der Waals surface area contributed by atoms with E-state index < -0.39 is 10.0 Å². The van der Waals surface area contributed by atoms with Crippen LogP contribution in [0.4, 0.5) is 0 Å². The molecule has 4 nitrogen and oxygen atoms in total. The Morgan fingerprint density at radius 3 is 2.17 bits per heavy atom. The van der Waals surface area contributed by atoms with E-state index in [0.29, 0.717) is 5.92 Å². The van der Waals surface area contributed by atoms with E-state index in [9.17, 15) is 8.42 Å². The Hall–Kier alpha value is -1.85. The number of methoxy groups -OCH3 is 1. The van der Waals surface area contributed by atoms with Crippen LogP contribution in [-0.2, 0) is 16.6 Å². The lowest BCUT2D eigenvalue weighted by atomic mass is 9.99. The van der Waals surface area contributed by atoms with Crippen molar-refractivity contribution in [3.63, 3.8) is 0 Å².